The summed E-state index contributed by atoms with van der Waals surface area (Å²) in [5.74, 6) is 1.86. The van der Waals surface area contributed by atoms with Crippen molar-refractivity contribution in [3.8, 4) is 5.75 Å². The number of fused-ring (bicyclic) bond motifs is 2. The molecule has 5 aromatic rings. The molecule has 11 heteroatoms. The van der Waals surface area contributed by atoms with E-state index in [-0.39, 0.29) is 6.61 Å². The number of hydrogen-bond acceptors (Lipinski definition) is 11. The molecule has 0 amide bonds. The molecule has 2 aliphatic rings. The topological polar surface area (TPSA) is 112 Å². The molecular formula is C31H33N7O3S. The lowest BCUT2D eigenvalue weighted by atomic mass is 9.99. The minimum atomic E-state index is -0.811. The summed E-state index contributed by atoms with van der Waals surface area (Å²) in [5, 5.41) is 23.3. The second-order valence-electron chi connectivity index (χ2n) is 10.8. The Bertz CT molecular complexity index is 1640. The van der Waals surface area contributed by atoms with Crippen molar-refractivity contribution in [1.82, 2.24) is 24.9 Å². The van der Waals surface area contributed by atoms with Crippen LogP contribution in [-0.4, -0.2) is 75.5 Å². The van der Waals surface area contributed by atoms with Gasteiger partial charge >= 0.3 is 0 Å². The first-order chi connectivity index (χ1) is 20.5. The van der Waals surface area contributed by atoms with Gasteiger partial charge in [-0.3, -0.25) is 9.80 Å². The summed E-state index contributed by atoms with van der Waals surface area (Å²) >= 11 is 1.67. The molecule has 0 aliphatic carbocycles. The number of ether oxygens (including phenoxy) is 1. The van der Waals surface area contributed by atoms with E-state index in [0.29, 0.717) is 24.8 Å². The normalized spacial score (nSPS) is 17.5. The average Bonchev–Trinajstić information content (AvgIpc) is 3.74. The number of aryl methyl sites for hydroxylation is 1. The van der Waals surface area contributed by atoms with Gasteiger partial charge in [-0.15, -0.1) is 11.3 Å². The van der Waals surface area contributed by atoms with Crippen LogP contribution in [0.1, 0.15) is 22.3 Å². The second kappa shape index (κ2) is 11.3. The SMILES string of the molecule is Cc1nc2cc(OC[C@H](O)CN3CCN(Cc4nc(C5(c6ccccc6)Nc6ccccc6N5)no4)CC3)ccc2s1. The molecule has 0 bridgehead atoms. The van der Waals surface area contributed by atoms with Crippen molar-refractivity contribution in [1.29, 1.82) is 0 Å². The van der Waals surface area contributed by atoms with Crippen LogP contribution in [0.4, 0.5) is 11.4 Å². The third kappa shape index (κ3) is 5.43. The fraction of sp³-hybridized carbons (Fsp3) is 0.323. The van der Waals surface area contributed by atoms with Gasteiger partial charge in [0, 0.05) is 44.4 Å². The van der Waals surface area contributed by atoms with Crippen LogP contribution in [-0.2, 0) is 12.2 Å². The molecule has 2 aromatic heterocycles. The standard InChI is InChI=1S/C31H33N7O3S/c1-21-32-27-17-24(11-12-28(27)42-21)40-20-23(39)18-37-13-15-38(16-14-37)19-29-33-30(36-41-29)31(22-7-3-2-4-8-22)34-25-9-5-6-10-26(25)35-31/h2-12,17,23,34-35,39H,13-16,18-20H2,1H3/t23-/m1/s1. The number of aliphatic hydroxyl groups excluding tert-OH is 1. The predicted molar refractivity (Wildman–Crippen MR) is 163 cm³/mol. The number of aromatic nitrogens is 3. The largest absolute Gasteiger partial charge is 0.491 e. The second-order valence-corrected chi connectivity index (χ2v) is 12.1. The zero-order valence-corrected chi connectivity index (χ0v) is 24.2. The summed E-state index contributed by atoms with van der Waals surface area (Å²) in [6.45, 7) is 6.75. The summed E-state index contributed by atoms with van der Waals surface area (Å²) in [6, 6.07) is 24.1. The number of rotatable bonds is 9. The van der Waals surface area contributed by atoms with Crippen molar-refractivity contribution < 1.29 is 14.4 Å². The summed E-state index contributed by atoms with van der Waals surface area (Å²) in [4.78, 5) is 13.9. The van der Waals surface area contributed by atoms with Gasteiger partial charge in [-0.2, -0.15) is 4.98 Å². The average molecular weight is 584 g/mol. The molecule has 1 saturated heterocycles. The van der Waals surface area contributed by atoms with E-state index in [0.717, 1.165) is 64.1 Å². The number of hydrogen-bond donors (Lipinski definition) is 3. The molecule has 1 atom stereocenters. The Morgan fingerprint density at radius 1 is 0.952 bits per heavy atom. The number of para-hydroxylation sites is 2. The highest BCUT2D eigenvalue weighted by Crippen LogP contribution is 2.42. The van der Waals surface area contributed by atoms with Crippen LogP contribution in [0, 0.1) is 6.92 Å². The molecule has 10 nitrogen and oxygen atoms in total. The Balaban J connectivity index is 0.933. The van der Waals surface area contributed by atoms with Crippen molar-refractivity contribution in [2.24, 2.45) is 0 Å². The van der Waals surface area contributed by atoms with Crippen molar-refractivity contribution in [3.05, 3.63) is 95.1 Å². The van der Waals surface area contributed by atoms with Crippen molar-refractivity contribution in [2.45, 2.75) is 25.2 Å². The molecule has 0 unspecified atom stereocenters. The maximum Gasteiger partial charge on any atom is 0.240 e. The minimum absolute atomic E-state index is 0.245. The van der Waals surface area contributed by atoms with Crippen molar-refractivity contribution in [2.75, 3.05) is 50.0 Å². The Labute approximate surface area is 247 Å². The Kier molecular flexibility index (Phi) is 7.24. The van der Waals surface area contributed by atoms with Crippen LogP contribution in [0.15, 0.2) is 77.3 Å². The van der Waals surface area contributed by atoms with Crippen LogP contribution < -0.4 is 15.4 Å². The molecule has 3 N–H and O–H groups in total. The Hall–Kier alpha value is -4.03. The van der Waals surface area contributed by atoms with Gasteiger partial charge in [0.15, 0.2) is 5.66 Å². The van der Waals surface area contributed by atoms with Gasteiger partial charge in [0.25, 0.3) is 0 Å². The Morgan fingerprint density at radius 2 is 1.67 bits per heavy atom. The van der Waals surface area contributed by atoms with Crippen LogP contribution >= 0.6 is 11.3 Å². The van der Waals surface area contributed by atoms with Gasteiger partial charge in [0.1, 0.15) is 18.5 Å². The minimum Gasteiger partial charge on any atom is -0.491 e. The quantitative estimate of drug-likeness (QED) is 0.232. The van der Waals surface area contributed by atoms with Crippen LogP contribution in [0.25, 0.3) is 10.2 Å². The maximum atomic E-state index is 10.6. The zero-order chi connectivity index (χ0) is 28.5. The summed E-state index contributed by atoms with van der Waals surface area (Å²) in [5.41, 5.74) is 3.11. The van der Waals surface area contributed by atoms with Gasteiger partial charge < -0.3 is 25.0 Å². The van der Waals surface area contributed by atoms with Crippen LogP contribution in [0.3, 0.4) is 0 Å². The summed E-state index contributed by atoms with van der Waals surface area (Å²) < 4.78 is 12.8. The van der Waals surface area contributed by atoms with Crippen molar-refractivity contribution in [3.63, 3.8) is 0 Å². The fourth-order valence-electron chi connectivity index (χ4n) is 5.66. The Morgan fingerprint density at radius 3 is 2.43 bits per heavy atom. The van der Waals surface area contributed by atoms with Gasteiger partial charge in [-0.1, -0.05) is 47.6 Å². The molecule has 2 aliphatic heterocycles. The first-order valence-electron chi connectivity index (χ1n) is 14.2. The molecule has 7 rings (SSSR count). The van der Waals surface area contributed by atoms with E-state index in [9.17, 15) is 5.11 Å². The lowest BCUT2D eigenvalue weighted by Crippen LogP contribution is -2.48. The lowest BCUT2D eigenvalue weighted by molar-refractivity contribution is 0.0426. The summed E-state index contributed by atoms with van der Waals surface area (Å²) in [7, 11) is 0. The smallest absolute Gasteiger partial charge is 0.240 e. The van der Waals surface area contributed by atoms with Gasteiger partial charge in [-0.25, -0.2) is 4.98 Å². The number of aliphatic hydroxyl groups is 1. The number of nitrogens with one attached hydrogen (secondary N) is 2. The molecular weight excluding hydrogens is 550 g/mol. The maximum absolute atomic E-state index is 10.6. The molecule has 4 heterocycles. The van der Waals surface area contributed by atoms with Gasteiger partial charge in [0.05, 0.1) is 33.1 Å². The highest BCUT2D eigenvalue weighted by atomic mass is 32.1. The number of benzene rings is 3. The first kappa shape index (κ1) is 26.8. The molecule has 0 spiro atoms. The fourth-order valence-corrected chi connectivity index (χ4v) is 6.47. The first-order valence-corrected chi connectivity index (χ1v) is 15.0. The lowest BCUT2D eigenvalue weighted by Gasteiger charge is -2.34. The van der Waals surface area contributed by atoms with E-state index in [1.807, 2.05) is 67.6 Å². The molecule has 0 radical (unpaired) electrons. The number of piperazine rings is 1. The van der Waals surface area contributed by atoms with Crippen LogP contribution in [0.5, 0.6) is 5.75 Å². The zero-order valence-electron chi connectivity index (χ0n) is 23.4. The molecule has 0 saturated carbocycles. The van der Waals surface area contributed by atoms with E-state index in [1.165, 1.54) is 0 Å². The third-order valence-corrected chi connectivity index (χ3v) is 8.73. The molecule has 42 heavy (non-hydrogen) atoms. The number of anilines is 2. The number of β-amino-alcohol motifs (C(OH)–C–C–N with tert-alkyl or cyclic N) is 1. The predicted octanol–water partition coefficient (Wildman–Crippen LogP) is 4.28. The van der Waals surface area contributed by atoms with E-state index in [2.05, 4.69) is 42.7 Å². The molecule has 1 fully saturated rings. The highest BCUT2D eigenvalue weighted by Gasteiger charge is 2.44. The van der Waals surface area contributed by atoms with E-state index < -0.39 is 11.8 Å². The number of nitrogens with zero attached hydrogens (tertiary/aromatic N) is 5. The molecule has 216 valence electrons. The van der Waals surface area contributed by atoms with Crippen molar-refractivity contribution >= 4 is 32.9 Å². The monoisotopic (exact) mass is 583 g/mol. The number of thiazole rings is 1. The van der Waals surface area contributed by atoms with Gasteiger partial charge in [0.2, 0.25) is 11.7 Å². The van der Waals surface area contributed by atoms with Gasteiger partial charge in [-0.05, 0) is 31.2 Å². The van der Waals surface area contributed by atoms with E-state index in [4.69, 9.17) is 14.2 Å². The van der Waals surface area contributed by atoms with E-state index >= 15 is 0 Å². The van der Waals surface area contributed by atoms with E-state index in [1.54, 1.807) is 11.3 Å². The third-order valence-electron chi connectivity index (χ3n) is 7.78. The molecule has 3 aromatic carbocycles. The summed E-state index contributed by atoms with van der Waals surface area (Å²) in [6.07, 6.45) is -0.576. The van der Waals surface area contributed by atoms with Crippen LogP contribution in [0.2, 0.25) is 0 Å². The highest BCUT2D eigenvalue weighted by molar-refractivity contribution is 7.18.